The Bertz CT molecular complexity index is 1290. The lowest BCUT2D eigenvalue weighted by Crippen LogP contribution is -2.19. The van der Waals surface area contributed by atoms with E-state index in [0.717, 1.165) is 0 Å². The number of ketones is 1. The first-order valence-corrected chi connectivity index (χ1v) is 8.98. The van der Waals surface area contributed by atoms with Gasteiger partial charge in [-0.05, 0) is 42.8 Å². The van der Waals surface area contributed by atoms with Crippen LogP contribution in [-0.4, -0.2) is 11.8 Å². The lowest BCUT2D eigenvalue weighted by atomic mass is 10.0. The van der Waals surface area contributed by atoms with Gasteiger partial charge in [-0.15, -0.1) is 0 Å². The first-order chi connectivity index (χ1) is 14.0. The Morgan fingerprint density at radius 2 is 1.55 bits per heavy atom. The second-order valence-corrected chi connectivity index (χ2v) is 6.55. The van der Waals surface area contributed by atoms with Gasteiger partial charge >= 0.3 is 11.6 Å². The highest BCUT2D eigenvalue weighted by atomic mass is 16.5. The maximum absolute atomic E-state index is 12.6. The lowest BCUT2D eigenvalue weighted by molar-refractivity contribution is 0.0729. The van der Waals surface area contributed by atoms with Crippen LogP contribution in [0, 0.1) is 6.92 Å². The van der Waals surface area contributed by atoms with Gasteiger partial charge in [-0.1, -0.05) is 48.5 Å². The van der Waals surface area contributed by atoms with Crippen LogP contribution in [0.5, 0.6) is 5.75 Å². The molecule has 0 amide bonds. The predicted octanol–water partition coefficient (Wildman–Crippen LogP) is 4.55. The van der Waals surface area contributed by atoms with E-state index in [1.165, 1.54) is 6.07 Å². The third kappa shape index (κ3) is 3.71. The number of carbonyl (C=O) groups is 2. The lowest BCUT2D eigenvalue weighted by Gasteiger charge is -2.09. The maximum atomic E-state index is 12.6. The fourth-order valence-electron chi connectivity index (χ4n) is 3.02. The van der Waals surface area contributed by atoms with Gasteiger partial charge in [-0.3, -0.25) is 4.79 Å². The molecule has 0 unspecified atom stereocenters. The van der Waals surface area contributed by atoms with E-state index in [4.69, 9.17) is 9.15 Å². The van der Waals surface area contributed by atoms with Crippen LogP contribution in [0.2, 0.25) is 0 Å². The number of hydrogen-bond donors (Lipinski definition) is 0. The molecule has 4 rings (SSSR count). The summed E-state index contributed by atoms with van der Waals surface area (Å²) in [6.07, 6.45) is 0. The van der Waals surface area contributed by atoms with Gasteiger partial charge in [0, 0.05) is 16.5 Å². The summed E-state index contributed by atoms with van der Waals surface area (Å²) in [6, 6.07) is 22.1. The summed E-state index contributed by atoms with van der Waals surface area (Å²) in [4.78, 5) is 37.2. The first kappa shape index (κ1) is 18.4. The standard InChI is InChI=1S/C24H16O5/c1-15-13-18(22(25)16-7-3-2-4-8-16)11-12-20(15)28-23(26)19-14-17-9-5-6-10-21(17)29-24(19)27/h2-14H,1H3. The van der Waals surface area contributed by atoms with Crippen LogP contribution < -0.4 is 10.4 Å². The smallest absolute Gasteiger partial charge is 0.351 e. The Labute approximate surface area is 166 Å². The molecule has 0 saturated heterocycles. The van der Waals surface area contributed by atoms with E-state index in [9.17, 15) is 14.4 Å². The van der Waals surface area contributed by atoms with Crippen molar-refractivity contribution in [2.24, 2.45) is 0 Å². The molecule has 0 fully saturated rings. The van der Waals surface area contributed by atoms with Crippen LogP contribution in [0.25, 0.3) is 11.0 Å². The highest BCUT2D eigenvalue weighted by Crippen LogP contribution is 2.22. The van der Waals surface area contributed by atoms with Crippen molar-refractivity contribution in [1.82, 2.24) is 0 Å². The number of ether oxygens (including phenoxy) is 1. The molecular weight excluding hydrogens is 368 g/mol. The van der Waals surface area contributed by atoms with E-state index in [-0.39, 0.29) is 17.1 Å². The van der Waals surface area contributed by atoms with Gasteiger partial charge in [-0.2, -0.15) is 0 Å². The second-order valence-electron chi connectivity index (χ2n) is 6.55. The average molecular weight is 384 g/mol. The molecule has 1 aromatic heterocycles. The zero-order valence-corrected chi connectivity index (χ0v) is 15.5. The van der Waals surface area contributed by atoms with E-state index in [0.29, 0.717) is 27.7 Å². The van der Waals surface area contributed by atoms with E-state index in [2.05, 4.69) is 0 Å². The monoisotopic (exact) mass is 384 g/mol. The maximum Gasteiger partial charge on any atom is 0.351 e. The number of aryl methyl sites for hydroxylation is 1. The Morgan fingerprint density at radius 3 is 2.31 bits per heavy atom. The highest BCUT2D eigenvalue weighted by Gasteiger charge is 2.18. The molecule has 0 aliphatic carbocycles. The molecule has 0 spiro atoms. The number of benzene rings is 3. The van der Waals surface area contributed by atoms with Crippen molar-refractivity contribution in [1.29, 1.82) is 0 Å². The fraction of sp³-hybridized carbons (Fsp3) is 0.0417. The topological polar surface area (TPSA) is 73.6 Å². The van der Waals surface area contributed by atoms with Crippen molar-refractivity contribution in [2.75, 3.05) is 0 Å². The van der Waals surface area contributed by atoms with Gasteiger partial charge in [0.2, 0.25) is 0 Å². The minimum atomic E-state index is -0.810. The zero-order chi connectivity index (χ0) is 20.4. The Morgan fingerprint density at radius 1 is 0.828 bits per heavy atom. The number of rotatable bonds is 4. The molecule has 5 heteroatoms. The summed E-state index contributed by atoms with van der Waals surface area (Å²) >= 11 is 0. The van der Waals surface area contributed by atoms with Crippen LogP contribution in [0.4, 0.5) is 0 Å². The first-order valence-electron chi connectivity index (χ1n) is 8.98. The molecule has 142 valence electrons. The molecule has 0 atom stereocenters. The van der Waals surface area contributed by atoms with Gasteiger partial charge in [0.05, 0.1) is 0 Å². The van der Waals surface area contributed by atoms with E-state index in [1.54, 1.807) is 73.7 Å². The molecule has 0 N–H and O–H groups in total. The summed E-state index contributed by atoms with van der Waals surface area (Å²) < 4.78 is 10.6. The molecule has 0 aliphatic rings. The van der Waals surface area contributed by atoms with Crippen LogP contribution in [-0.2, 0) is 0 Å². The van der Waals surface area contributed by atoms with Gasteiger partial charge in [0.15, 0.2) is 5.78 Å². The van der Waals surface area contributed by atoms with Gasteiger partial charge in [0.25, 0.3) is 0 Å². The number of fused-ring (bicyclic) bond motifs is 1. The molecule has 5 nitrogen and oxygen atoms in total. The van der Waals surface area contributed by atoms with Gasteiger partial charge in [0.1, 0.15) is 16.9 Å². The van der Waals surface area contributed by atoms with Crippen molar-refractivity contribution in [3.05, 3.63) is 112 Å². The van der Waals surface area contributed by atoms with Crippen LogP contribution in [0.3, 0.4) is 0 Å². The highest BCUT2D eigenvalue weighted by molar-refractivity contribution is 6.09. The zero-order valence-electron chi connectivity index (χ0n) is 15.5. The molecule has 3 aromatic carbocycles. The third-order valence-electron chi connectivity index (χ3n) is 4.54. The largest absolute Gasteiger partial charge is 0.422 e. The van der Waals surface area contributed by atoms with Gasteiger partial charge in [-0.25, -0.2) is 9.59 Å². The minimum absolute atomic E-state index is 0.123. The Balaban J connectivity index is 1.60. The van der Waals surface area contributed by atoms with Crippen LogP contribution in [0.15, 0.2) is 88.1 Å². The summed E-state index contributed by atoms with van der Waals surface area (Å²) in [7, 11) is 0. The molecule has 4 aromatic rings. The Hall–Kier alpha value is -3.99. The molecule has 29 heavy (non-hydrogen) atoms. The quantitative estimate of drug-likeness (QED) is 0.223. The van der Waals surface area contributed by atoms with Crippen molar-refractivity contribution >= 4 is 22.7 Å². The normalized spacial score (nSPS) is 10.7. The average Bonchev–Trinajstić information content (AvgIpc) is 2.74. The fourth-order valence-corrected chi connectivity index (χ4v) is 3.02. The van der Waals surface area contributed by atoms with Crippen LogP contribution in [0.1, 0.15) is 31.8 Å². The number of carbonyl (C=O) groups excluding carboxylic acids is 2. The Kier molecular flexibility index (Phi) is 4.79. The SMILES string of the molecule is Cc1cc(C(=O)c2ccccc2)ccc1OC(=O)c1cc2ccccc2oc1=O. The summed E-state index contributed by atoms with van der Waals surface area (Å²) in [5.74, 6) is -0.663. The van der Waals surface area contributed by atoms with E-state index in [1.807, 2.05) is 6.07 Å². The summed E-state index contributed by atoms with van der Waals surface area (Å²) in [5.41, 5.74) is 1.11. The summed E-state index contributed by atoms with van der Waals surface area (Å²) in [6.45, 7) is 1.73. The van der Waals surface area contributed by atoms with Crippen molar-refractivity contribution < 1.29 is 18.7 Å². The molecular formula is C24H16O5. The van der Waals surface area contributed by atoms with Crippen molar-refractivity contribution in [2.45, 2.75) is 6.92 Å². The van der Waals surface area contributed by atoms with Crippen molar-refractivity contribution in [3.63, 3.8) is 0 Å². The predicted molar refractivity (Wildman–Crippen MR) is 108 cm³/mol. The second kappa shape index (κ2) is 7.56. The molecule has 0 aliphatic heterocycles. The molecule has 0 radical (unpaired) electrons. The van der Waals surface area contributed by atoms with Gasteiger partial charge < -0.3 is 9.15 Å². The van der Waals surface area contributed by atoms with E-state index < -0.39 is 11.6 Å². The molecule has 1 heterocycles. The molecule has 0 bridgehead atoms. The minimum Gasteiger partial charge on any atom is -0.422 e. The van der Waals surface area contributed by atoms with Crippen LogP contribution >= 0.6 is 0 Å². The van der Waals surface area contributed by atoms with E-state index >= 15 is 0 Å². The number of para-hydroxylation sites is 1. The number of hydrogen-bond acceptors (Lipinski definition) is 5. The third-order valence-corrected chi connectivity index (χ3v) is 4.54. The summed E-state index contributed by atoms with van der Waals surface area (Å²) in [5, 5.41) is 0.625. The molecule has 0 saturated carbocycles. The number of esters is 1. The van der Waals surface area contributed by atoms with Crippen molar-refractivity contribution in [3.8, 4) is 5.75 Å².